The highest BCUT2D eigenvalue weighted by atomic mass is 79.9. The Balaban J connectivity index is 2.33. The Morgan fingerprint density at radius 2 is 2.10 bits per heavy atom. The maximum absolute atomic E-state index is 5.94. The fraction of sp³-hybridized carbons (Fsp3) is 0.250. The Morgan fingerprint density at radius 1 is 1.29 bits per heavy atom. The number of fused-ring (bicyclic) bond motifs is 1. The van der Waals surface area contributed by atoms with Gasteiger partial charge in [0.2, 0.25) is 0 Å². The molecule has 3 aromatic rings. The second-order valence-electron chi connectivity index (χ2n) is 5.02. The molecule has 0 aliphatic carbocycles. The molecule has 0 saturated carbocycles. The second kappa shape index (κ2) is 5.78. The van der Waals surface area contributed by atoms with Crippen LogP contribution in [0.25, 0.3) is 16.9 Å². The zero-order valence-corrected chi connectivity index (χ0v) is 14.2. The smallest absolute Gasteiger partial charge is 0.164 e. The first-order chi connectivity index (χ1) is 10.1. The highest BCUT2D eigenvalue weighted by Crippen LogP contribution is 2.26. The number of hydrogen-bond donors (Lipinski definition) is 0. The monoisotopic (exact) mass is 363 g/mol. The van der Waals surface area contributed by atoms with Gasteiger partial charge in [-0.1, -0.05) is 12.1 Å². The summed E-state index contributed by atoms with van der Waals surface area (Å²) in [5, 5.41) is 0. The minimum Gasteiger partial charge on any atom is -0.280 e. The molecular weight excluding hydrogens is 350 g/mol. The molecule has 0 atom stereocenters. The van der Waals surface area contributed by atoms with Crippen LogP contribution in [0.4, 0.5) is 0 Å². The maximum Gasteiger partial charge on any atom is 0.164 e. The average Bonchev–Trinajstić information content (AvgIpc) is 2.79. The molecule has 0 amide bonds. The molecular formula is C16H15BrClN3. The number of aromatic nitrogens is 3. The third-order valence-corrected chi connectivity index (χ3v) is 4.29. The lowest BCUT2D eigenvalue weighted by atomic mass is 10.1. The molecule has 0 radical (unpaired) electrons. The minimum atomic E-state index is 0.537. The maximum atomic E-state index is 5.94. The number of benzene rings is 1. The van der Waals surface area contributed by atoms with Crippen LogP contribution in [0.5, 0.6) is 0 Å². The van der Waals surface area contributed by atoms with E-state index in [1.807, 2.05) is 6.07 Å². The van der Waals surface area contributed by atoms with Crippen molar-refractivity contribution in [1.29, 1.82) is 0 Å². The zero-order chi connectivity index (χ0) is 15.0. The summed E-state index contributed by atoms with van der Waals surface area (Å²) in [6, 6.07) is 8.27. The molecule has 108 valence electrons. The van der Waals surface area contributed by atoms with Gasteiger partial charge < -0.3 is 0 Å². The van der Waals surface area contributed by atoms with E-state index in [2.05, 4.69) is 57.5 Å². The standard InChI is InChI=1S/C16H15BrClN3/c1-10-4-3-5-14(11(10)2)21-15(6-7-18)20-13-8-12(17)9-19-16(13)21/h3-5,8-9H,6-7H2,1-2H3. The van der Waals surface area contributed by atoms with Gasteiger partial charge in [0.05, 0.1) is 5.69 Å². The predicted octanol–water partition coefficient (Wildman–Crippen LogP) is 4.58. The highest BCUT2D eigenvalue weighted by Gasteiger charge is 2.15. The second-order valence-corrected chi connectivity index (χ2v) is 6.31. The molecule has 2 aromatic heterocycles. The molecule has 3 rings (SSSR count). The van der Waals surface area contributed by atoms with Gasteiger partial charge in [-0.3, -0.25) is 4.57 Å². The molecule has 2 heterocycles. The van der Waals surface area contributed by atoms with Crippen molar-refractivity contribution in [3.63, 3.8) is 0 Å². The lowest BCUT2D eigenvalue weighted by Crippen LogP contribution is -2.05. The SMILES string of the molecule is Cc1cccc(-n2c(CCCl)nc3cc(Br)cnc32)c1C. The van der Waals surface area contributed by atoms with E-state index in [1.54, 1.807) is 6.20 Å². The van der Waals surface area contributed by atoms with Gasteiger partial charge in [0, 0.05) is 23.0 Å². The number of alkyl halides is 1. The van der Waals surface area contributed by atoms with Crippen molar-refractivity contribution in [1.82, 2.24) is 14.5 Å². The van der Waals surface area contributed by atoms with Gasteiger partial charge in [0.1, 0.15) is 11.3 Å². The fourth-order valence-electron chi connectivity index (χ4n) is 2.47. The third-order valence-electron chi connectivity index (χ3n) is 3.67. The van der Waals surface area contributed by atoms with Crippen molar-refractivity contribution in [3.05, 3.63) is 51.9 Å². The van der Waals surface area contributed by atoms with Crippen LogP contribution < -0.4 is 0 Å². The fourth-order valence-corrected chi connectivity index (χ4v) is 2.96. The van der Waals surface area contributed by atoms with Gasteiger partial charge >= 0.3 is 0 Å². The van der Waals surface area contributed by atoms with E-state index in [4.69, 9.17) is 16.6 Å². The highest BCUT2D eigenvalue weighted by molar-refractivity contribution is 9.10. The molecule has 0 aliphatic heterocycles. The van der Waals surface area contributed by atoms with E-state index >= 15 is 0 Å². The Bertz CT molecular complexity index is 811. The number of aryl methyl sites for hydroxylation is 2. The first kappa shape index (κ1) is 14.5. The van der Waals surface area contributed by atoms with Crippen LogP contribution in [0.2, 0.25) is 0 Å². The minimum absolute atomic E-state index is 0.537. The molecule has 5 heteroatoms. The summed E-state index contributed by atoms with van der Waals surface area (Å²) in [5.41, 5.74) is 5.35. The number of rotatable bonds is 3. The van der Waals surface area contributed by atoms with Crippen molar-refractivity contribution in [3.8, 4) is 5.69 Å². The van der Waals surface area contributed by atoms with Gasteiger partial charge in [0.25, 0.3) is 0 Å². The van der Waals surface area contributed by atoms with Gasteiger partial charge in [-0.2, -0.15) is 0 Å². The van der Waals surface area contributed by atoms with Crippen molar-refractivity contribution < 1.29 is 0 Å². The first-order valence-corrected chi connectivity index (χ1v) is 8.10. The van der Waals surface area contributed by atoms with E-state index in [-0.39, 0.29) is 0 Å². The number of imidazole rings is 1. The number of halogens is 2. The largest absolute Gasteiger partial charge is 0.280 e. The summed E-state index contributed by atoms with van der Waals surface area (Å²) in [6.07, 6.45) is 2.51. The van der Waals surface area contributed by atoms with E-state index in [9.17, 15) is 0 Å². The molecule has 3 nitrogen and oxygen atoms in total. The van der Waals surface area contributed by atoms with Crippen molar-refractivity contribution in [2.75, 3.05) is 5.88 Å². The lowest BCUT2D eigenvalue weighted by molar-refractivity contribution is 0.898. The average molecular weight is 365 g/mol. The lowest BCUT2D eigenvalue weighted by Gasteiger charge is -2.12. The Morgan fingerprint density at radius 3 is 2.86 bits per heavy atom. The molecule has 0 N–H and O–H groups in total. The number of pyridine rings is 1. The van der Waals surface area contributed by atoms with Gasteiger partial charge in [0.15, 0.2) is 5.65 Å². The Hall–Kier alpha value is -1.39. The molecule has 0 saturated heterocycles. The Labute approximate surface area is 137 Å². The summed E-state index contributed by atoms with van der Waals surface area (Å²) in [7, 11) is 0. The number of nitrogens with zero attached hydrogens (tertiary/aromatic N) is 3. The Kier molecular flexibility index (Phi) is 4.00. The molecule has 0 spiro atoms. The van der Waals surface area contributed by atoms with E-state index < -0.39 is 0 Å². The third kappa shape index (κ3) is 2.58. The zero-order valence-electron chi connectivity index (χ0n) is 11.9. The first-order valence-electron chi connectivity index (χ1n) is 6.77. The molecule has 0 bridgehead atoms. The number of hydrogen-bond acceptors (Lipinski definition) is 2. The van der Waals surface area contributed by atoms with E-state index in [0.717, 1.165) is 27.1 Å². The topological polar surface area (TPSA) is 30.7 Å². The summed E-state index contributed by atoms with van der Waals surface area (Å²) in [5.74, 6) is 1.48. The summed E-state index contributed by atoms with van der Waals surface area (Å²) < 4.78 is 3.05. The molecule has 1 aromatic carbocycles. The van der Waals surface area contributed by atoms with E-state index in [1.165, 1.54) is 11.1 Å². The normalized spacial score (nSPS) is 11.2. The summed E-state index contributed by atoms with van der Waals surface area (Å²) in [6.45, 7) is 4.24. The van der Waals surface area contributed by atoms with Crippen LogP contribution in [0.3, 0.4) is 0 Å². The predicted molar refractivity (Wildman–Crippen MR) is 90.5 cm³/mol. The van der Waals surface area contributed by atoms with Crippen molar-refractivity contribution >= 4 is 38.7 Å². The summed E-state index contributed by atoms with van der Waals surface area (Å²) in [4.78, 5) is 9.24. The van der Waals surface area contributed by atoms with Crippen LogP contribution in [0.15, 0.2) is 34.9 Å². The van der Waals surface area contributed by atoms with Gasteiger partial charge in [-0.05, 0) is 53.0 Å². The molecule has 21 heavy (non-hydrogen) atoms. The van der Waals surface area contributed by atoms with Crippen LogP contribution in [-0.4, -0.2) is 20.4 Å². The quantitative estimate of drug-likeness (QED) is 0.637. The van der Waals surface area contributed by atoms with Crippen molar-refractivity contribution in [2.24, 2.45) is 0 Å². The van der Waals surface area contributed by atoms with Crippen LogP contribution >= 0.6 is 27.5 Å². The summed E-state index contributed by atoms with van der Waals surface area (Å²) >= 11 is 9.39. The van der Waals surface area contributed by atoms with Gasteiger partial charge in [-0.25, -0.2) is 9.97 Å². The van der Waals surface area contributed by atoms with Gasteiger partial charge in [-0.15, -0.1) is 11.6 Å². The van der Waals surface area contributed by atoms with Crippen LogP contribution in [-0.2, 0) is 6.42 Å². The van der Waals surface area contributed by atoms with Crippen molar-refractivity contribution in [2.45, 2.75) is 20.3 Å². The molecule has 0 aliphatic rings. The van der Waals surface area contributed by atoms with E-state index in [0.29, 0.717) is 12.3 Å². The van der Waals surface area contributed by atoms with Crippen LogP contribution in [0.1, 0.15) is 17.0 Å². The molecule has 0 unspecified atom stereocenters. The molecule has 0 fully saturated rings. The van der Waals surface area contributed by atoms with Crippen LogP contribution in [0, 0.1) is 13.8 Å².